The lowest BCUT2D eigenvalue weighted by Gasteiger charge is -2.35. The molecule has 1 atom stereocenters. The zero-order valence-electron chi connectivity index (χ0n) is 18.7. The minimum Gasteiger partial charge on any atom is -0.379 e. The molecule has 1 aliphatic rings. The Labute approximate surface area is 200 Å². The van der Waals surface area contributed by atoms with E-state index in [0.29, 0.717) is 43.1 Å². The molecule has 1 saturated heterocycles. The predicted molar refractivity (Wildman–Crippen MR) is 125 cm³/mol. The average molecular weight is 481 g/mol. The van der Waals surface area contributed by atoms with Crippen LogP contribution in [0.3, 0.4) is 0 Å². The van der Waals surface area contributed by atoms with Crippen molar-refractivity contribution in [2.24, 2.45) is 0 Å². The first-order valence-electron chi connectivity index (χ1n) is 11.3. The highest BCUT2D eigenvalue weighted by Crippen LogP contribution is 2.39. The zero-order valence-corrected chi connectivity index (χ0v) is 18.7. The van der Waals surface area contributed by atoms with E-state index in [0.717, 1.165) is 17.2 Å². The SMILES string of the molecule is Fc1ccccc1-c1[nH]ncc1C(c1ccc(-c2ccccc2C(F)(F)F)cc1)N1CCOCC1. The number of rotatable bonds is 5. The number of ether oxygens (including phenoxy) is 1. The molecule has 4 nitrogen and oxygen atoms in total. The number of hydrogen-bond acceptors (Lipinski definition) is 3. The average Bonchev–Trinajstić information content (AvgIpc) is 3.34. The van der Waals surface area contributed by atoms with Crippen LogP contribution in [0, 0.1) is 5.82 Å². The Kier molecular flexibility index (Phi) is 6.40. The van der Waals surface area contributed by atoms with Crippen LogP contribution in [0.2, 0.25) is 0 Å². The summed E-state index contributed by atoms with van der Waals surface area (Å²) in [4.78, 5) is 2.22. The van der Waals surface area contributed by atoms with Gasteiger partial charge in [-0.1, -0.05) is 54.6 Å². The molecule has 35 heavy (non-hydrogen) atoms. The summed E-state index contributed by atoms with van der Waals surface area (Å²) in [5.41, 5.74) is 2.59. The third-order valence-electron chi connectivity index (χ3n) is 6.29. The smallest absolute Gasteiger partial charge is 0.379 e. The lowest BCUT2D eigenvalue weighted by molar-refractivity contribution is -0.137. The number of benzene rings is 3. The Morgan fingerprint density at radius 1 is 0.857 bits per heavy atom. The first-order valence-corrected chi connectivity index (χ1v) is 11.3. The van der Waals surface area contributed by atoms with E-state index in [1.165, 1.54) is 18.2 Å². The number of nitrogens with zero attached hydrogens (tertiary/aromatic N) is 2. The summed E-state index contributed by atoms with van der Waals surface area (Å²) >= 11 is 0. The maximum absolute atomic E-state index is 14.6. The second kappa shape index (κ2) is 9.64. The molecule has 0 saturated carbocycles. The summed E-state index contributed by atoms with van der Waals surface area (Å²) in [6, 6.07) is 18.8. The molecule has 1 aliphatic heterocycles. The van der Waals surface area contributed by atoms with Crippen molar-refractivity contribution in [2.75, 3.05) is 26.3 Å². The summed E-state index contributed by atoms with van der Waals surface area (Å²) < 4.78 is 60.8. The molecule has 0 aliphatic carbocycles. The van der Waals surface area contributed by atoms with Crippen LogP contribution in [0.5, 0.6) is 0 Å². The fraction of sp³-hybridized carbons (Fsp3) is 0.222. The third kappa shape index (κ3) is 4.72. The van der Waals surface area contributed by atoms with Gasteiger partial charge in [0.2, 0.25) is 0 Å². The van der Waals surface area contributed by atoms with E-state index in [-0.39, 0.29) is 17.4 Å². The van der Waals surface area contributed by atoms with Crippen LogP contribution >= 0.6 is 0 Å². The van der Waals surface area contributed by atoms with Gasteiger partial charge in [0.15, 0.2) is 0 Å². The molecule has 8 heteroatoms. The largest absolute Gasteiger partial charge is 0.417 e. The molecule has 0 radical (unpaired) electrons. The molecule has 0 bridgehead atoms. The van der Waals surface area contributed by atoms with Gasteiger partial charge in [0.1, 0.15) is 5.82 Å². The highest BCUT2D eigenvalue weighted by Gasteiger charge is 2.33. The van der Waals surface area contributed by atoms with Crippen LogP contribution in [0.25, 0.3) is 22.4 Å². The van der Waals surface area contributed by atoms with Gasteiger partial charge < -0.3 is 4.74 Å². The van der Waals surface area contributed by atoms with Gasteiger partial charge >= 0.3 is 6.18 Å². The maximum Gasteiger partial charge on any atom is 0.417 e. The van der Waals surface area contributed by atoms with E-state index < -0.39 is 11.7 Å². The standard InChI is InChI=1S/C27H23F4N3O/c28-24-8-4-2-6-21(24)25-22(17-32-33-25)26(34-13-15-35-16-14-34)19-11-9-18(10-12-19)20-5-1-3-7-23(20)27(29,30)31/h1-12,17,26H,13-16H2,(H,32,33). The van der Waals surface area contributed by atoms with E-state index in [4.69, 9.17) is 4.74 Å². The topological polar surface area (TPSA) is 41.2 Å². The van der Waals surface area contributed by atoms with Crippen LogP contribution in [-0.2, 0) is 10.9 Å². The van der Waals surface area contributed by atoms with Gasteiger partial charge in [-0.05, 0) is 34.9 Å². The molecule has 1 unspecified atom stereocenters. The Balaban J connectivity index is 1.57. The van der Waals surface area contributed by atoms with E-state index in [2.05, 4.69) is 15.1 Å². The molecular formula is C27H23F4N3O. The third-order valence-corrected chi connectivity index (χ3v) is 6.29. The van der Waals surface area contributed by atoms with Crippen molar-refractivity contribution >= 4 is 0 Å². The molecule has 1 N–H and O–H groups in total. The molecule has 0 spiro atoms. The molecule has 1 aromatic heterocycles. The van der Waals surface area contributed by atoms with Gasteiger partial charge in [0.25, 0.3) is 0 Å². The quantitative estimate of drug-likeness (QED) is 0.339. The maximum atomic E-state index is 14.6. The van der Waals surface area contributed by atoms with E-state index in [1.807, 2.05) is 12.1 Å². The van der Waals surface area contributed by atoms with Crippen molar-refractivity contribution in [1.29, 1.82) is 0 Å². The summed E-state index contributed by atoms with van der Waals surface area (Å²) in [6.45, 7) is 2.43. The number of hydrogen-bond donors (Lipinski definition) is 1. The molecule has 3 aromatic carbocycles. The van der Waals surface area contributed by atoms with Gasteiger partial charge in [-0.15, -0.1) is 0 Å². The lowest BCUT2D eigenvalue weighted by atomic mass is 9.92. The normalized spacial score (nSPS) is 15.8. The summed E-state index contributed by atoms with van der Waals surface area (Å²) in [7, 11) is 0. The second-order valence-corrected chi connectivity index (χ2v) is 8.40. The van der Waals surface area contributed by atoms with Crippen LogP contribution in [0.4, 0.5) is 17.6 Å². The van der Waals surface area contributed by atoms with Gasteiger partial charge in [-0.2, -0.15) is 18.3 Å². The van der Waals surface area contributed by atoms with Crippen molar-refractivity contribution in [3.63, 3.8) is 0 Å². The number of aromatic amines is 1. The van der Waals surface area contributed by atoms with Crippen molar-refractivity contribution < 1.29 is 22.3 Å². The molecule has 4 aromatic rings. The minimum absolute atomic E-state index is 0.129. The number of alkyl halides is 3. The Bertz CT molecular complexity index is 1290. The Morgan fingerprint density at radius 3 is 2.20 bits per heavy atom. The predicted octanol–water partition coefficient (Wildman–Crippen LogP) is 6.32. The van der Waals surface area contributed by atoms with Crippen LogP contribution in [0.1, 0.15) is 22.7 Å². The van der Waals surface area contributed by atoms with Gasteiger partial charge in [-0.3, -0.25) is 10.00 Å². The van der Waals surface area contributed by atoms with Crippen molar-refractivity contribution in [3.05, 3.63) is 102 Å². The van der Waals surface area contributed by atoms with Gasteiger partial charge in [0.05, 0.1) is 36.7 Å². The Morgan fingerprint density at radius 2 is 1.51 bits per heavy atom. The monoisotopic (exact) mass is 481 g/mol. The number of halogens is 4. The first-order chi connectivity index (χ1) is 16.9. The first kappa shape index (κ1) is 23.3. The number of H-pyrrole nitrogens is 1. The van der Waals surface area contributed by atoms with Crippen LogP contribution in [0.15, 0.2) is 79.0 Å². The Hall–Kier alpha value is -3.49. The molecular weight excluding hydrogens is 458 g/mol. The van der Waals surface area contributed by atoms with E-state index >= 15 is 0 Å². The summed E-state index contributed by atoms with van der Waals surface area (Å²) in [5.74, 6) is -0.363. The van der Waals surface area contributed by atoms with E-state index in [9.17, 15) is 17.6 Å². The highest BCUT2D eigenvalue weighted by atomic mass is 19.4. The summed E-state index contributed by atoms with van der Waals surface area (Å²) in [5, 5.41) is 7.15. The molecule has 180 valence electrons. The lowest BCUT2D eigenvalue weighted by Crippen LogP contribution is -2.39. The molecule has 0 amide bonds. The number of aromatic nitrogens is 2. The van der Waals surface area contributed by atoms with Crippen molar-refractivity contribution in [3.8, 4) is 22.4 Å². The van der Waals surface area contributed by atoms with E-state index in [1.54, 1.807) is 42.6 Å². The minimum atomic E-state index is -4.45. The van der Waals surface area contributed by atoms with Crippen molar-refractivity contribution in [2.45, 2.75) is 12.2 Å². The second-order valence-electron chi connectivity index (χ2n) is 8.40. The molecule has 1 fully saturated rings. The number of nitrogens with one attached hydrogen (secondary N) is 1. The fourth-order valence-corrected chi connectivity index (χ4v) is 4.63. The molecule has 2 heterocycles. The summed E-state index contributed by atoms with van der Waals surface area (Å²) in [6.07, 6.45) is -2.76. The van der Waals surface area contributed by atoms with Crippen LogP contribution in [-0.4, -0.2) is 41.4 Å². The fourth-order valence-electron chi connectivity index (χ4n) is 4.63. The highest BCUT2D eigenvalue weighted by molar-refractivity contribution is 5.69. The van der Waals surface area contributed by atoms with Gasteiger partial charge in [0, 0.05) is 24.2 Å². The van der Waals surface area contributed by atoms with Crippen molar-refractivity contribution in [1.82, 2.24) is 15.1 Å². The number of morpholine rings is 1. The zero-order chi connectivity index (χ0) is 24.4. The van der Waals surface area contributed by atoms with Crippen LogP contribution < -0.4 is 0 Å². The molecule has 5 rings (SSSR count). The van der Waals surface area contributed by atoms with Gasteiger partial charge in [-0.25, -0.2) is 4.39 Å².